The lowest BCUT2D eigenvalue weighted by atomic mass is 10.0. The van der Waals surface area contributed by atoms with Crippen molar-refractivity contribution in [2.24, 2.45) is 5.92 Å². The molecule has 0 N–H and O–H groups in total. The molecule has 1 atom stereocenters. The summed E-state index contributed by atoms with van der Waals surface area (Å²) in [5.74, 6) is 1.69. The molecule has 1 unspecified atom stereocenters. The van der Waals surface area contributed by atoms with E-state index in [1.807, 2.05) is 47.8 Å². The van der Waals surface area contributed by atoms with Crippen molar-refractivity contribution >= 4 is 27.2 Å². The van der Waals surface area contributed by atoms with Crippen LogP contribution in [0.2, 0.25) is 0 Å². The fourth-order valence-corrected chi connectivity index (χ4v) is 4.47. The zero-order valence-corrected chi connectivity index (χ0v) is 15.8. The molecule has 2 aromatic carbocycles. The van der Waals surface area contributed by atoms with Crippen LogP contribution in [0, 0.1) is 5.92 Å². The van der Waals surface area contributed by atoms with Gasteiger partial charge in [-0.25, -0.2) is 0 Å². The molecule has 1 aromatic heterocycles. The standard InChI is InChI=1S/C22H23NO2S/c1-16-10-11-23(14-16)12-13-25-18-8-6-17(7-9-18)22(24)20-15-26-21-5-3-2-4-19(20)21/h2-9,15-16H,10-14H2,1H3. The van der Waals surface area contributed by atoms with Crippen molar-refractivity contribution in [2.75, 3.05) is 26.2 Å². The number of carbonyl (C=O) groups is 1. The minimum Gasteiger partial charge on any atom is -0.492 e. The molecule has 0 amide bonds. The van der Waals surface area contributed by atoms with Crippen LogP contribution in [0.3, 0.4) is 0 Å². The monoisotopic (exact) mass is 365 g/mol. The molecule has 134 valence electrons. The number of hydrogen-bond acceptors (Lipinski definition) is 4. The summed E-state index contributed by atoms with van der Waals surface area (Å²) in [6.07, 6.45) is 1.29. The summed E-state index contributed by atoms with van der Waals surface area (Å²) in [7, 11) is 0. The highest BCUT2D eigenvalue weighted by Crippen LogP contribution is 2.28. The molecule has 1 aliphatic rings. The van der Waals surface area contributed by atoms with E-state index in [0.717, 1.165) is 33.9 Å². The molecular weight excluding hydrogens is 342 g/mol. The molecule has 0 spiro atoms. The maximum atomic E-state index is 12.8. The lowest BCUT2D eigenvalue weighted by Gasteiger charge is -2.15. The quantitative estimate of drug-likeness (QED) is 0.585. The van der Waals surface area contributed by atoms with Crippen LogP contribution in [0.5, 0.6) is 5.75 Å². The van der Waals surface area contributed by atoms with E-state index in [1.165, 1.54) is 19.5 Å². The Bertz CT molecular complexity index is 900. The number of ketones is 1. The van der Waals surface area contributed by atoms with Crippen LogP contribution in [0.15, 0.2) is 53.9 Å². The van der Waals surface area contributed by atoms with Crippen LogP contribution in [-0.4, -0.2) is 36.9 Å². The van der Waals surface area contributed by atoms with Crippen molar-refractivity contribution in [1.29, 1.82) is 0 Å². The van der Waals surface area contributed by atoms with Gasteiger partial charge in [0, 0.05) is 39.7 Å². The predicted molar refractivity (Wildman–Crippen MR) is 107 cm³/mol. The molecule has 2 heterocycles. The minimum atomic E-state index is 0.0695. The molecular formula is C22H23NO2S. The highest BCUT2D eigenvalue weighted by molar-refractivity contribution is 7.17. The third-order valence-electron chi connectivity index (χ3n) is 5.03. The van der Waals surface area contributed by atoms with Gasteiger partial charge in [-0.15, -0.1) is 11.3 Å². The number of thiophene rings is 1. The highest BCUT2D eigenvalue weighted by Gasteiger charge is 2.18. The van der Waals surface area contributed by atoms with Gasteiger partial charge in [-0.1, -0.05) is 25.1 Å². The van der Waals surface area contributed by atoms with Crippen molar-refractivity contribution in [3.8, 4) is 5.75 Å². The number of hydrogen-bond donors (Lipinski definition) is 0. The smallest absolute Gasteiger partial charge is 0.194 e. The molecule has 1 saturated heterocycles. The number of likely N-dealkylation sites (tertiary alicyclic amines) is 1. The third-order valence-corrected chi connectivity index (χ3v) is 5.99. The van der Waals surface area contributed by atoms with Crippen molar-refractivity contribution in [3.05, 3.63) is 65.0 Å². The maximum Gasteiger partial charge on any atom is 0.194 e. The highest BCUT2D eigenvalue weighted by atomic mass is 32.1. The second-order valence-electron chi connectivity index (χ2n) is 7.04. The van der Waals surface area contributed by atoms with Crippen molar-refractivity contribution in [1.82, 2.24) is 4.90 Å². The van der Waals surface area contributed by atoms with E-state index in [9.17, 15) is 4.79 Å². The molecule has 3 aromatic rings. The van der Waals surface area contributed by atoms with Crippen molar-refractivity contribution < 1.29 is 9.53 Å². The first-order chi connectivity index (χ1) is 12.7. The topological polar surface area (TPSA) is 29.5 Å². The predicted octanol–water partition coefficient (Wildman–Crippen LogP) is 4.85. The first kappa shape index (κ1) is 17.3. The molecule has 1 fully saturated rings. The normalized spacial score (nSPS) is 17.7. The fourth-order valence-electron chi connectivity index (χ4n) is 3.53. The third kappa shape index (κ3) is 3.67. The van der Waals surface area contributed by atoms with E-state index in [2.05, 4.69) is 17.9 Å². The summed E-state index contributed by atoms with van der Waals surface area (Å²) >= 11 is 1.61. The first-order valence-corrected chi connectivity index (χ1v) is 10.0. The SMILES string of the molecule is CC1CCN(CCOc2ccc(C(=O)c3csc4ccccc34)cc2)C1. The zero-order valence-electron chi connectivity index (χ0n) is 15.0. The number of ether oxygens (including phenoxy) is 1. The molecule has 4 rings (SSSR count). The minimum absolute atomic E-state index is 0.0695. The molecule has 0 bridgehead atoms. The van der Waals surface area contributed by atoms with Crippen LogP contribution in [0.1, 0.15) is 29.3 Å². The number of nitrogens with zero attached hydrogens (tertiary/aromatic N) is 1. The van der Waals surface area contributed by atoms with Gasteiger partial charge in [-0.05, 0) is 49.2 Å². The lowest BCUT2D eigenvalue weighted by Crippen LogP contribution is -2.25. The van der Waals surface area contributed by atoms with E-state index in [-0.39, 0.29) is 5.78 Å². The van der Waals surface area contributed by atoms with Crippen LogP contribution in [-0.2, 0) is 0 Å². The van der Waals surface area contributed by atoms with Gasteiger partial charge in [0.2, 0.25) is 0 Å². The number of fused-ring (bicyclic) bond motifs is 1. The van der Waals surface area contributed by atoms with Crippen LogP contribution < -0.4 is 4.74 Å². The molecule has 0 saturated carbocycles. The van der Waals surface area contributed by atoms with Gasteiger partial charge in [0.25, 0.3) is 0 Å². The molecule has 1 aliphatic heterocycles. The van der Waals surface area contributed by atoms with Gasteiger partial charge in [0.15, 0.2) is 5.78 Å². The lowest BCUT2D eigenvalue weighted by molar-refractivity contribution is 0.104. The Morgan fingerprint density at radius 1 is 1.19 bits per heavy atom. The summed E-state index contributed by atoms with van der Waals surface area (Å²) in [6.45, 7) is 6.30. The Balaban J connectivity index is 1.38. The van der Waals surface area contributed by atoms with Gasteiger partial charge >= 0.3 is 0 Å². The molecule has 0 aliphatic carbocycles. The maximum absolute atomic E-state index is 12.8. The van der Waals surface area contributed by atoms with Crippen LogP contribution in [0.4, 0.5) is 0 Å². The van der Waals surface area contributed by atoms with Gasteiger partial charge in [0.1, 0.15) is 12.4 Å². The zero-order chi connectivity index (χ0) is 17.9. The second-order valence-corrected chi connectivity index (χ2v) is 7.95. The Morgan fingerprint density at radius 3 is 2.77 bits per heavy atom. The van der Waals surface area contributed by atoms with Crippen LogP contribution >= 0.6 is 11.3 Å². The number of benzene rings is 2. The van der Waals surface area contributed by atoms with Crippen molar-refractivity contribution in [2.45, 2.75) is 13.3 Å². The molecule has 0 radical (unpaired) electrons. The molecule has 3 nitrogen and oxygen atoms in total. The Labute approximate surface area is 158 Å². The Morgan fingerprint density at radius 2 is 2.00 bits per heavy atom. The summed E-state index contributed by atoms with van der Waals surface area (Å²) in [5, 5.41) is 2.98. The fraction of sp³-hybridized carbons (Fsp3) is 0.318. The van der Waals surface area contributed by atoms with Gasteiger partial charge in [0.05, 0.1) is 0 Å². The van der Waals surface area contributed by atoms with E-state index >= 15 is 0 Å². The Kier molecular flexibility index (Phi) is 5.05. The van der Waals surface area contributed by atoms with Crippen molar-refractivity contribution in [3.63, 3.8) is 0 Å². The van der Waals surface area contributed by atoms with Crippen LogP contribution in [0.25, 0.3) is 10.1 Å². The van der Waals surface area contributed by atoms with E-state index in [0.29, 0.717) is 12.2 Å². The van der Waals surface area contributed by atoms with E-state index in [1.54, 1.807) is 11.3 Å². The summed E-state index contributed by atoms with van der Waals surface area (Å²) in [5.41, 5.74) is 1.48. The number of rotatable bonds is 6. The van der Waals surface area contributed by atoms with E-state index in [4.69, 9.17) is 4.74 Å². The first-order valence-electron chi connectivity index (χ1n) is 9.17. The molecule has 4 heteroatoms. The Hall–Kier alpha value is -2.17. The largest absolute Gasteiger partial charge is 0.492 e. The summed E-state index contributed by atoms with van der Waals surface area (Å²) in [6, 6.07) is 15.6. The summed E-state index contributed by atoms with van der Waals surface area (Å²) < 4.78 is 6.99. The van der Waals surface area contributed by atoms with Gasteiger partial charge < -0.3 is 4.74 Å². The second kappa shape index (κ2) is 7.60. The summed E-state index contributed by atoms with van der Waals surface area (Å²) in [4.78, 5) is 15.3. The molecule has 26 heavy (non-hydrogen) atoms. The van der Waals surface area contributed by atoms with Gasteiger partial charge in [-0.3, -0.25) is 9.69 Å². The average molecular weight is 365 g/mol. The average Bonchev–Trinajstić information content (AvgIpc) is 3.28. The van der Waals surface area contributed by atoms with E-state index < -0.39 is 0 Å². The number of carbonyl (C=O) groups excluding carboxylic acids is 1. The van der Waals surface area contributed by atoms with Gasteiger partial charge in [-0.2, -0.15) is 0 Å².